The number of carbonyl (C=O) groups excluding carboxylic acids is 2. The number of esters is 1. The Kier molecular flexibility index (Phi) is 8.03. The first-order valence-electron chi connectivity index (χ1n) is 7.37. The van der Waals surface area contributed by atoms with Gasteiger partial charge in [0.2, 0.25) is 5.91 Å². The maximum absolute atomic E-state index is 12.1. The van der Waals surface area contributed by atoms with Gasteiger partial charge in [-0.2, -0.15) is 0 Å². The van der Waals surface area contributed by atoms with E-state index in [4.69, 9.17) is 4.74 Å². The number of unbranched alkanes of at least 4 members (excludes halogenated alkanes) is 1. The number of aromatic hydroxyl groups is 1. The number of ether oxygens (including phenoxy) is 1. The van der Waals surface area contributed by atoms with Crippen LogP contribution in [-0.4, -0.2) is 41.3 Å². The first-order valence-corrected chi connectivity index (χ1v) is 7.37. The Morgan fingerprint density at radius 1 is 1.25 bits per heavy atom. The molecule has 0 heterocycles. The first kappa shape index (κ1) is 19.2. The number of benzene rings is 1. The van der Waals surface area contributed by atoms with E-state index < -0.39 is 17.1 Å². The highest BCUT2D eigenvalue weighted by Gasteiger charge is 2.21. The highest BCUT2D eigenvalue weighted by Crippen LogP contribution is 2.12. The second-order valence-electron chi connectivity index (χ2n) is 5.06. The molecule has 0 saturated heterocycles. The number of nitrogens with one attached hydrogen (secondary N) is 1. The molecule has 1 amide bonds. The molecule has 0 aromatic heterocycles. The van der Waals surface area contributed by atoms with Crippen LogP contribution in [0.15, 0.2) is 24.3 Å². The molecule has 0 aliphatic rings. The van der Waals surface area contributed by atoms with Crippen LogP contribution < -0.4 is 5.32 Å². The van der Waals surface area contributed by atoms with Gasteiger partial charge in [0, 0.05) is 13.3 Å². The monoisotopic (exact) mass is 340 g/mol. The van der Waals surface area contributed by atoms with Gasteiger partial charge < -0.3 is 20.0 Å². The van der Waals surface area contributed by atoms with Crippen molar-refractivity contribution in [3.05, 3.63) is 39.9 Å². The van der Waals surface area contributed by atoms with Gasteiger partial charge in [-0.3, -0.25) is 4.79 Å². The predicted octanol–water partition coefficient (Wildman–Crippen LogP) is 0.971. The van der Waals surface area contributed by atoms with Crippen LogP contribution in [0.4, 0.5) is 0 Å². The SMILES string of the molecule is CC(=O)NC(Cc1ccc(O)cc1)C(=O)OCCCCO[N+](=O)[O-]. The van der Waals surface area contributed by atoms with Crippen LogP contribution in [0, 0.1) is 10.1 Å². The van der Waals surface area contributed by atoms with Crippen molar-refractivity contribution in [1.29, 1.82) is 0 Å². The molecule has 0 aliphatic carbocycles. The van der Waals surface area contributed by atoms with E-state index in [1.54, 1.807) is 12.1 Å². The normalized spacial score (nSPS) is 11.4. The van der Waals surface area contributed by atoms with Gasteiger partial charge in [-0.05, 0) is 30.5 Å². The lowest BCUT2D eigenvalue weighted by molar-refractivity contribution is -0.757. The summed E-state index contributed by atoms with van der Waals surface area (Å²) < 4.78 is 5.08. The minimum absolute atomic E-state index is 0.0623. The van der Waals surface area contributed by atoms with Crippen LogP contribution in [-0.2, 0) is 25.6 Å². The Balaban J connectivity index is 2.45. The fourth-order valence-corrected chi connectivity index (χ4v) is 1.92. The molecule has 0 radical (unpaired) electrons. The van der Waals surface area contributed by atoms with Crippen molar-refractivity contribution in [2.24, 2.45) is 0 Å². The first-order chi connectivity index (χ1) is 11.4. The number of phenols is 1. The Morgan fingerprint density at radius 2 is 1.88 bits per heavy atom. The molecule has 9 heteroatoms. The fraction of sp³-hybridized carbons (Fsp3) is 0.467. The molecule has 0 aliphatic heterocycles. The minimum atomic E-state index is -0.878. The second-order valence-corrected chi connectivity index (χ2v) is 5.06. The molecule has 1 aromatic rings. The van der Waals surface area contributed by atoms with E-state index in [2.05, 4.69) is 10.2 Å². The summed E-state index contributed by atoms with van der Waals surface area (Å²) in [6.45, 7) is 1.31. The van der Waals surface area contributed by atoms with E-state index in [9.17, 15) is 24.8 Å². The van der Waals surface area contributed by atoms with E-state index in [-0.39, 0.29) is 31.3 Å². The van der Waals surface area contributed by atoms with E-state index in [1.165, 1.54) is 19.1 Å². The van der Waals surface area contributed by atoms with Crippen LogP contribution in [0.2, 0.25) is 0 Å². The molecule has 132 valence electrons. The standard InChI is InChI=1S/C15H20N2O7/c1-11(18)16-14(10-12-4-6-13(19)7-5-12)15(20)23-8-2-3-9-24-17(21)22/h4-7,14,19H,2-3,8-10H2,1H3,(H,16,18). The lowest BCUT2D eigenvalue weighted by Gasteiger charge is -2.17. The van der Waals surface area contributed by atoms with Crippen LogP contribution in [0.1, 0.15) is 25.3 Å². The van der Waals surface area contributed by atoms with Crippen LogP contribution in [0.25, 0.3) is 0 Å². The van der Waals surface area contributed by atoms with Crippen molar-refractivity contribution in [2.45, 2.75) is 32.2 Å². The molecule has 2 N–H and O–H groups in total. The summed E-state index contributed by atoms with van der Waals surface area (Å²) in [6.07, 6.45) is 1.01. The van der Waals surface area contributed by atoms with Crippen LogP contribution >= 0.6 is 0 Å². The molecule has 1 aromatic carbocycles. The van der Waals surface area contributed by atoms with Crippen molar-refractivity contribution in [2.75, 3.05) is 13.2 Å². The Labute approximate surface area is 138 Å². The number of phenolic OH excluding ortho intramolecular Hbond substituents is 1. The molecular formula is C15H20N2O7. The average molecular weight is 340 g/mol. The number of carbonyl (C=O) groups is 2. The summed E-state index contributed by atoms with van der Waals surface area (Å²) >= 11 is 0. The zero-order valence-corrected chi connectivity index (χ0v) is 13.3. The number of rotatable bonds is 10. The molecule has 24 heavy (non-hydrogen) atoms. The molecule has 0 fully saturated rings. The highest BCUT2D eigenvalue weighted by molar-refractivity contribution is 5.83. The third-order valence-electron chi connectivity index (χ3n) is 3.02. The summed E-state index contributed by atoms with van der Waals surface area (Å²) in [5, 5.41) is 20.9. The molecule has 9 nitrogen and oxygen atoms in total. The Hall–Kier alpha value is -2.84. The van der Waals surface area contributed by atoms with Gasteiger partial charge in [0.25, 0.3) is 5.09 Å². The van der Waals surface area contributed by atoms with Gasteiger partial charge in [0.05, 0.1) is 13.2 Å². The predicted molar refractivity (Wildman–Crippen MR) is 82.6 cm³/mol. The van der Waals surface area contributed by atoms with Gasteiger partial charge in [-0.25, -0.2) is 4.79 Å². The average Bonchev–Trinajstić information content (AvgIpc) is 2.51. The summed E-state index contributed by atoms with van der Waals surface area (Å²) in [5.41, 5.74) is 0.753. The van der Waals surface area contributed by atoms with E-state index in [0.29, 0.717) is 12.8 Å². The van der Waals surface area contributed by atoms with Gasteiger partial charge in [0.1, 0.15) is 11.8 Å². The molecule has 0 spiro atoms. The van der Waals surface area contributed by atoms with Gasteiger partial charge in [-0.1, -0.05) is 12.1 Å². The summed E-state index contributed by atoms with van der Waals surface area (Å²) in [4.78, 5) is 37.4. The second kappa shape index (κ2) is 10.0. The Bertz CT molecular complexity index is 559. The summed E-state index contributed by atoms with van der Waals surface area (Å²) in [7, 11) is 0. The molecular weight excluding hydrogens is 320 g/mol. The highest BCUT2D eigenvalue weighted by atomic mass is 16.9. The number of hydrogen-bond donors (Lipinski definition) is 2. The fourth-order valence-electron chi connectivity index (χ4n) is 1.92. The smallest absolute Gasteiger partial charge is 0.328 e. The van der Waals surface area contributed by atoms with Crippen molar-refractivity contribution in [1.82, 2.24) is 5.32 Å². The summed E-state index contributed by atoms with van der Waals surface area (Å²) in [6, 6.07) is 5.42. The van der Waals surface area contributed by atoms with Crippen molar-refractivity contribution in [3.63, 3.8) is 0 Å². The lowest BCUT2D eigenvalue weighted by atomic mass is 10.1. The molecule has 0 bridgehead atoms. The van der Waals surface area contributed by atoms with Gasteiger partial charge >= 0.3 is 5.97 Å². The number of amides is 1. The summed E-state index contributed by atoms with van der Waals surface area (Å²) in [5.74, 6) is -0.849. The lowest BCUT2D eigenvalue weighted by Crippen LogP contribution is -2.42. The molecule has 0 saturated carbocycles. The zero-order chi connectivity index (χ0) is 17.9. The van der Waals surface area contributed by atoms with E-state index >= 15 is 0 Å². The van der Waals surface area contributed by atoms with Crippen molar-refractivity contribution >= 4 is 11.9 Å². The van der Waals surface area contributed by atoms with Gasteiger partial charge in [-0.15, -0.1) is 10.1 Å². The quantitative estimate of drug-likeness (QED) is 0.281. The third-order valence-corrected chi connectivity index (χ3v) is 3.02. The topological polar surface area (TPSA) is 128 Å². The van der Waals surface area contributed by atoms with Crippen molar-refractivity contribution < 1.29 is 29.4 Å². The minimum Gasteiger partial charge on any atom is -0.508 e. The van der Waals surface area contributed by atoms with E-state index in [1.807, 2.05) is 0 Å². The maximum atomic E-state index is 12.1. The molecule has 1 unspecified atom stereocenters. The molecule has 1 rings (SSSR count). The Morgan fingerprint density at radius 3 is 2.46 bits per heavy atom. The van der Waals surface area contributed by atoms with Crippen LogP contribution in [0.3, 0.4) is 0 Å². The molecule has 1 atom stereocenters. The maximum Gasteiger partial charge on any atom is 0.328 e. The van der Waals surface area contributed by atoms with Gasteiger partial charge in [0.15, 0.2) is 0 Å². The zero-order valence-electron chi connectivity index (χ0n) is 13.3. The number of nitrogens with zero attached hydrogens (tertiary/aromatic N) is 1. The largest absolute Gasteiger partial charge is 0.508 e. The van der Waals surface area contributed by atoms with Crippen LogP contribution in [0.5, 0.6) is 5.75 Å². The van der Waals surface area contributed by atoms with Crippen molar-refractivity contribution in [3.8, 4) is 5.75 Å². The number of hydrogen-bond acceptors (Lipinski definition) is 7. The van der Waals surface area contributed by atoms with E-state index in [0.717, 1.165) is 5.56 Å². The third kappa shape index (κ3) is 7.97.